The zero-order valence-electron chi connectivity index (χ0n) is 8.39. The molecule has 0 fully saturated rings. The molecule has 0 radical (unpaired) electrons. The normalized spacial score (nSPS) is 9.94. The van der Waals surface area contributed by atoms with Crippen LogP contribution in [-0.4, -0.2) is 22.9 Å². The molecule has 5 nitrogen and oxygen atoms in total. The minimum absolute atomic E-state index is 0.00108. The van der Waals surface area contributed by atoms with E-state index in [2.05, 4.69) is 31.2 Å². The molecular weight excluding hydrogens is 354 g/mol. The lowest BCUT2D eigenvalue weighted by molar-refractivity contribution is 0.0952. The van der Waals surface area contributed by atoms with Gasteiger partial charge in [0.1, 0.15) is 14.9 Å². The fourth-order valence-corrected chi connectivity index (χ4v) is 2.02. The van der Waals surface area contributed by atoms with E-state index in [1.807, 2.05) is 0 Å². The molecule has 0 aliphatic heterocycles. The van der Waals surface area contributed by atoms with Crippen LogP contribution < -0.4 is 11.1 Å². The largest absolute Gasteiger partial charge is 0.383 e. The lowest BCUT2D eigenvalue weighted by atomic mass is 10.3. The average Bonchev–Trinajstić information content (AvgIpc) is 2.26. The molecule has 9 heteroatoms. The number of nitrogens with two attached hydrogens (primary N) is 1. The number of hydrogen-bond donors (Lipinski definition) is 2. The number of nitrogen functional groups attached to an aromatic ring is 1. The van der Waals surface area contributed by atoms with Crippen LogP contribution in [0.1, 0.15) is 16.2 Å². The summed E-state index contributed by atoms with van der Waals surface area (Å²) < 4.78 is 0.0581. The van der Waals surface area contributed by atoms with Crippen molar-refractivity contribution in [3.8, 4) is 0 Å². The first-order chi connectivity index (χ1) is 7.88. The maximum atomic E-state index is 11.3. The van der Waals surface area contributed by atoms with Gasteiger partial charge in [-0.05, 0) is 15.9 Å². The molecule has 1 aromatic heterocycles. The number of nitrogens with one attached hydrogen (secondary N) is 1. The van der Waals surface area contributed by atoms with Crippen LogP contribution in [-0.2, 0) is 0 Å². The van der Waals surface area contributed by atoms with Crippen molar-refractivity contribution in [1.29, 1.82) is 0 Å². The molecule has 0 spiro atoms. The Hall–Kier alpha value is -0.560. The van der Waals surface area contributed by atoms with Crippen LogP contribution in [0.15, 0.2) is 9.09 Å². The van der Waals surface area contributed by atoms with Gasteiger partial charge in [0.2, 0.25) is 5.82 Å². The van der Waals surface area contributed by atoms with Gasteiger partial charge in [0.05, 0.1) is 10.6 Å². The maximum absolute atomic E-state index is 11.3. The van der Waals surface area contributed by atoms with Gasteiger partial charge in [-0.3, -0.25) is 4.79 Å². The van der Waals surface area contributed by atoms with Gasteiger partial charge in [-0.2, -0.15) is 0 Å². The highest BCUT2D eigenvalue weighted by Crippen LogP contribution is 2.34. The van der Waals surface area contributed by atoms with Gasteiger partial charge in [-0.1, -0.05) is 34.8 Å². The van der Waals surface area contributed by atoms with Crippen molar-refractivity contribution in [2.75, 3.05) is 12.8 Å². The molecule has 17 heavy (non-hydrogen) atoms. The SMILES string of the molecule is CNC(=O)c1nc(N)c(C(Cl)=C(Cl)Cl)c(Br)n1. The van der Waals surface area contributed by atoms with Crippen molar-refractivity contribution >= 4 is 67.5 Å². The Bertz CT molecular complexity index is 479. The number of nitrogens with zero attached hydrogens (tertiary/aromatic N) is 2. The smallest absolute Gasteiger partial charge is 0.288 e. The minimum atomic E-state index is -0.471. The molecule has 0 atom stereocenters. The summed E-state index contributed by atoms with van der Waals surface area (Å²) >= 11 is 20.0. The summed E-state index contributed by atoms with van der Waals surface area (Å²) in [7, 11) is 1.45. The predicted octanol–water partition coefficient (Wildman–Crippen LogP) is 2.52. The van der Waals surface area contributed by atoms with Crippen LogP contribution in [0.5, 0.6) is 0 Å². The molecule has 3 N–H and O–H groups in total. The van der Waals surface area contributed by atoms with Gasteiger partial charge in [0.15, 0.2) is 0 Å². The monoisotopic (exact) mass is 358 g/mol. The van der Waals surface area contributed by atoms with Crippen LogP contribution in [0, 0.1) is 0 Å². The highest BCUT2D eigenvalue weighted by molar-refractivity contribution is 9.10. The lowest BCUT2D eigenvalue weighted by Gasteiger charge is -2.08. The van der Waals surface area contributed by atoms with Crippen molar-refractivity contribution in [1.82, 2.24) is 15.3 Å². The van der Waals surface area contributed by atoms with Crippen LogP contribution in [0.2, 0.25) is 0 Å². The number of amides is 1. The van der Waals surface area contributed by atoms with E-state index in [1.54, 1.807) is 0 Å². The van der Waals surface area contributed by atoms with E-state index >= 15 is 0 Å². The van der Waals surface area contributed by atoms with Gasteiger partial charge in [-0.25, -0.2) is 9.97 Å². The van der Waals surface area contributed by atoms with Crippen LogP contribution in [0.25, 0.3) is 5.03 Å². The summed E-state index contributed by atoms with van der Waals surface area (Å²) in [6.07, 6.45) is 0. The standard InChI is InChI=1S/C8H6BrCl3N4O/c1-14-8(17)7-15-4(9)2(6(13)16-7)3(10)5(11)12/h1H3,(H,14,17)(H2,13,15,16). The van der Waals surface area contributed by atoms with Gasteiger partial charge in [0, 0.05) is 7.05 Å². The predicted molar refractivity (Wildman–Crippen MR) is 72.0 cm³/mol. The van der Waals surface area contributed by atoms with Crippen LogP contribution >= 0.6 is 50.7 Å². The van der Waals surface area contributed by atoms with Crippen LogP contribution in [0.4, 0.5) is 5.82 Å². The first-order valence-electron chi connectivity index (χ1n) is 4.14. The Kier molecular flexibility index (Phi) is 5.00. The molecule has 1 aromatic rings. The molecule has 0 aromatic carbocycles. The third-order valence-corrected chi connectivity index (χ3v) is 3.23. The summed E-state index contributed by atoms with van der Waals surface area (Å²) in [5.74, 6) is -0.564. The molecule has 1 amide bonds. The number of carbonyl (C=O) groups is 1. The summed E-state index contributed by atoms with van der Waals surface area (Å²) in [6, 6.07) is 0. The summed E-state index contributed by atoms with van der Waals surface area (Å²) in [5, 5.41) is 2.37. The van der Waals surface area contributed by atoms with Crippen molar-refractivity contribution in [3.05, 3.63) is 20.5 Å². The van der Waals surface area contributed by atoms with Gasteiger partial charge >= 0.3 is 0 Å². The Morgan fingerprint density at radius 2 is 1.94 bits per heavy atom. The summed E-state index contributed by atoms with van der Waals surface area (Å²) in [4.78, 5) is 19.0. The fraction of sp³-hybridized carbons (Fsp3) is 0.125. The summed E-state index contributed by atoms with van der Waals surface area (Å²) in [5.41, 5.74) is 5.89. The lowest BCUT2D eigenvalue weighted by Crippen LogP contribution is -2.22. The molecule has 0 saturated heterocycles. The van der Waals surface area contributed by atoms with Gasteiger partial charge in [0.25, 0.3) is 5.91 Å². The Morgan fingerprint density at radius 1 is 1.35 bits per heavy atom. The second kappa shape index (κ2) is 5.86. The van der Waals surface area contributed by atoms with E-state index in [0.717, 1.165) is 0 Å². The van der Waals surface area contributed by atoms with Crippen molar-refractivity contribution < 1.29 is 4.79 Å². The van der Waals surface area contributed by atoms with Gasteiger partial charge in [-0.15, -0.1) is 0 Å². The second-order valence-corrected chi connectivity index (χ2v) is 4.83. The topological polar surface area (TPSA) is 80.9 Å². The number of rotatable bonds is 2. The second-order valence-electron chi connectivity index (χ2n) is 2.75. The molecule has 0 aliphatic rings. The zero-order valence-corrected chi connectivity index (χ0v) is 12.2. The minimum Gasteiger partial charge on any atom is -0.383 e. The first kappa shape index (κ1) is 14.5. The first-order valence-corrected chi connectivity index (χ1v) is 6.07. The molecule has 92 valence electrons. The van der Waals surface area contributed by atoms with E-state index in [4.69, 9.17) is 40.5 Å². The van der Waals surface area contributed by atoms with Crippen molar-refractivity contribution in [2.24, 2.45) is 0 Å². The van der Waals surface area contributed by atoms with Crippen molar-refractivity contribution in [3.63, 3.8) is 0 Å². The Balaban J connectivity index is 3.40. The molecule has 1 rings (SSSR count). The number of anilines is 1. The Morgan fingerprint density at radius 3 is 2.35 bits per heavy atom. The summed E-state index contributed by atoms with van der Waals surface area (Å²) in [6.45, 7) is 0. The quantitative estimate of drug-likeness (QED) is 0.794. The number of hydrogen-bond acceptors (Lipinski definition) is 4. The van der Waals surface area contributed by atoms with E-state index < -0.39 is 5.91 Å². The number of aromatic nitrogens is 2. The van der Waals surface area contributed by atoms with E-state index in [1.165, 1.54) is 7.05 Å². The molecule has 0 aliphatic carbocycles. The van der Waals surface area contributed by atoms with Crippen molar-refractivity contribution in [2.45, 2.75) is 0 Å². The van der Waals surface area contributed by atoms with Gasteiger partial charge < -0.3 is 11.1 Å². The Labute approximate surface area is 120 Å². The van der Waals surface area contributed by atoms with Crippen LogP contribution in [0.3, 0.4) is 0 Å². The fourth-order valence-electron chi connectivity index (χ4n) is 0.960. The van der Waals surface area contributed by atoms with E-state index in [0.29, 0.717) is 0 Å². The number of halogens is 4. The highest BCUT2D eigenvalue weighted by Gasteiger charge is 2.18. The molecule has 0 bridgehead atoms. The zero-order chi connectivity index (χ0) is 13.2. The highest BCUT2D eigenvalue weighted by atomic mass is 79.9. The van der Waals surface area contributed by atoms with E-state index in [-0.39, 0.29) is 31.3 Å². The third kappa shape index (κ3) is 3.22. The number of carbonyl (C=O) groups excluding carboxylic acids is 1. The maximum Gasteiger partial charge on any atom is 0.288 e. The molecule has 0 unspecified atom stereocenters. The molecule has 1 heterocycles. The average molecular weight is 360 g/mol. The third-order valence-electron chi connectivity index (χ3n) is 1.71. The molecular formula is C8H6BrCl3N4O. The van der Waals surface area contributed by atoms with E-state index in [9.17, 15) is 4.79 Å². The molecule has 0 saturated carbocycles.